The first kappa shape index (κ1) is 26.6. The summed E-state index contributed by atoms with van der Waals surface area (Å²) < 4.78 is 10.7. The van der Waals surface area contributed by atoms with Gasteiger partial charge in [0.1, 0.15) is 0 Å². The van der Waals surface area contributed by atoms with E-state index in [9.17, 15) is 9.59 Å². The monoisotopic (exact) mass is 527 g/mol. The van der Waals surface area contributed by atoms with Crippen LogP contribution in [0.3, 0.4) is 0 Å². The number of aromatic nitrogens is 3. The maximum atomic E-state index is 13.2. The van der Waals surface area contributed by atoms with Crippen molar-refractivity contribution in [1.82, 2.24) is 19.8 Å². The minimum Gasteiger partial charge on any atom is -0.466 e. The van der Waals surface area contributed by atoms with Gasteiger partial charge in [0.25, 0.3) is 5.91 Å². The van der Waals surface area contributed by atoms with Crippen LogP contribution in [0.4, 0.5) is 17.2 Å². The molecule has 1 aromatic carbocycles. The van der Waals surface area contributed by atoms with Crippen LogP contribution >= 0.6 is 0 Å². The Hall–Kier alpha value is -4.03. The molecule has 1 amide bonds. The Balaban J connectivity index is 1.35. The third-order valence-electron chi connectivity index (χ3n) is 6.99. The van der Waals surface area contributed by atoms with Crippen LogP contribution in [-0.2, 0) is 14.3 Å². The molecule has 200 valence electrons. The maximum Gasteiger partial charge on any atom is 0.310 e. The predicted octanol–water partition coefficient (Wildman–Crippen LogP) is 1.87. The summed E-state index contributed by atoms with van der Waals surface area (Å²) in [5, 5.41) is 2.89. The average molecular weight is 527 g/mol. The molecule has 0 aliphatic carbocycles. The van der Waals surface area contributed by atoms with Crippen molar-refractivity contribution in [3.63, 3.8) is 0 Å². The highest BCUT2D eigenvalue weighted by molar-refractivity contribution is 6.07. The number of nitrogens with zero attached hydrogens (tertiary/aromatic N) is 5. The van der Waals surface area contributed by atoms with E-state index in [0.717, 1.165) is 16.8 Å². The molecule has 0 saturated carbocycles. The second kappa shape index (κ2) is 11.8. The van der Waals surface area contributed by atoms with Gasteiger partial charge in [0.05, 0.1) is 55.2 Å². The first-order valence-corrected chi connectivity index (χ1v) is 12.9. The normalized spacial score (nSPS) is 19.6. The Morgan fingerprint density at radius 3 is 2.67 bits per heavy atom. The number of pyridine rings is 1. The number of nitrogens with two attached hydrogens (primary N) is 1. The van der Waals surface area contributed by atoms with Gasteiger partial charge in [-0.2, -0.15) is 0 Å². The predicted molar refractivity (Wildman–Crippen MR) is 147 cm³/mol. The number of carbonyl (C=O) groups excluding carboxylic acids is 2. The van der Waals surface area contributed by atoms with Crippen molar-refractivity contribution in [2.45, 2.75) is 12.8 Å². The number of esters is 1. The summed E-state index contributed by atoms with van der Waals surface area (Å²) in [6, 6.07) is 9.50. The van der Waals surface area contributed by atoms with E-state index >= 15 is 0 Å². The topological polar surface area (TPSA) is 136 Å². The molecule has 2 radical (unpaired) electrons. The number of anilines is 3. The number of benzene rings is 1. The Morgan fingerprint density at radius 1 is 1.15 bits per heavy atom. The zero-order chi connectivity index (χ0) is 27.4. The van der Waals surface area contributed by atoms with E-state index in [1.165, 1.54) is 6.20 Å². The molecule has 2 aliphatic heterocycles. The highest BCUT2D eigenvalue weighted by Gasteiger charge is 2.37. The van der Waals surface area contributed by atoms with E-state index in [2.05, 4.69) is 25.2 Å². The van der Waals surface area contributed by atoms with E-state index in [4.69, 9.17) is 23.2 Å². The molecule has 39 heavy (non-hydrogen) atoms. The van der Waals surface area contributed by atoms with E-state index in [1.54, 1.807) is 24.1 Å². The summed E-state index contributed by atoms with van der Waals surface area (Å²) in [5.41, 5.74) is 9.70. The van der Waals surface area contributed by atoms with Crippen LogP contribution in [0.25, 0.3) is 11.3 Å². The molecule has 11 nitrogen and oxygen atoms in total. The van der Waals surface area contributed by atoms with Crippen molar-refractivity contribution < 1.29 is 19.1 Å². The first-order valence-electron chi connectivity index (χ1n) is 12.9. The molecule has 2 saturated heterocycles. The lowest BCUT2D eigenvalue weighted by Gasteiger charge is -2.30. The summed E-state index contributed by atoms with van der Waals surface area (Å²) in [4.78, 5) is 42.4. The molecule has 2 aromatic heterocycles. The Bertz CT molecular complexity index is 1330. The van der Waals surface area contributed by atoms with Gasteiger partial charge in [0.15, 0.2) is 19.5 Å². The molecule has 2 aliphatic rings. The van der Waals surface area contributed by atoms with Crippen LogP contribution in [0, 0.1) is 5.92 Å². The molecular weight excluding hydrogens is 497 g/mol. The smallest absolute Gasteiger partial charge is 0.310 e. The molecule has 0 spiro atoms. The quantitative estimate of drug-likeness (QED) is 0.346. The number of amides is 1. The lowest BCUT2D eigenvalue weighted by Crippen LogP contribution is -2.36. The van der Waals surface area contributed by atoms with Crippen molar-refractivity contribution in [3.05, 3.63) is 60.2 Å². The fourth-order valence-electron chi connectivity index (χ4n) is 5.01. The highest BCUT2D eigenvalue weighted by atomic mass is 16.5. The van der Waals surface area contributed by atoms with Gasteiger partial charge in [-0.25, -0.2) is 9.97 Å². The molecule has 3 N–H and O–H groups in total. The summed E-state index contributed by atoms with van der Waals surface area (Å²) in [5.74, 6) is -1.11. The van der Waals surface area contributed by atoms with Gasteiger partial charge in [-0.1, -0.05) is 24.3 Å². The first-order chi connectivity index (χ1) is 18.9. The van der Waals surface area contributed by atoms with E-state index < -0.39 is 5.91 Å². The van der Waals surface area contributed by atoms with E-state index in [-0.39, 0.29) is 29.3 Å². The van der Waals surface area contributed by atoms with Crippen molar-refractivity contribution in [2.75, 3.05) is 62.0 Å². The second-order valence-corrected chi connectivity index (χ2v) is 9.48. The van der Waals surface area contributed by atoms with Gasteiger partial charge in [-0.15, -0.1) is 0 Å². The molecule has 2 fully saturated rings. The molecule has 2 atom stereocenters. The lowest BCUT2D eigenvalue weighted by molar-refractivity contribution is -0.147. The largest absolute Gasteiger partial charge is 0.466 e. The number of nitrogen functional groups attached to an aromatic ring is 1. The van der Waals surface area contributed by atoms with Crippen LogP contribution in [-0.4, -0.2) is 85.6 Å². The number of hydrogen-bond acceptors (Lipinski definition) is 10. The summed E-state index contributed by atoms with van der Waals surface area (Å²) in [6.45, 7) is 5.77. The average Bonchev–Trinajstić information content (AvgIpc) is 3.36. The Kier molecular flexibility index (Phi) is 8.03. The fourth-order valence-corrected chi connectivity index (χ4v) is 5.01. The zero-order valence-corrected chi connectivity index (χ0v) is 21.7. The zero-order valence-electron chi connectivity index (χ0n) is 21.7. The SMILES string of the molecule is [B]N1C[C@@H](C(=O)OCC)[C@H](c2ccc(-c3cnc(N)c(C(=O)Nc4cnccc4N4CCOCC4)n3)cc2)C1. The van der Waals surface area contributed by atoms with Crippen LogP contribution in [0.15, 0.2) is 48.9 Å². The highest BCUT2D eigenvalue weighted by Crippen LogP contribution is 2.34. The summed E-state index contributed by atoms with van der Waals surface area (Å²) in [6.07, 6.45) is 4.82. The van der Waals surface area contributed by atoms with Crippen molar-refractivity contribution >= 4 is 37.1 Å². The van der Waals surface area contributed by atoms with E-state index in [1.807, 2.05) is 30.3 Å². The number of morpholine rings is 1. The fraction of sp³-hybridized carbons (Fsp3) is 0.370. The second-order valence-electron chi connectivity index (χ2n) is 9.48. The van der Waals surface area contributed by atoms with Gasteiger partial charge >= 0.3 is 5.97 Å². The number of rotatable bonds is 7. The van der Waals surface area contributed by atoms with Crippen LogP contribution < -0.4 is 16.0 Å². The summed E-state index contributed by atoms with van der Waals surface area (Å²) >= 11 is 0. The van der Waals surface area contributed by atoms with Crippen LogP contribution in [0.1, 0.15) is 28.9 Å². The summed E-state index contributed by atoms with van der Waals surface area (Å²) in [7, 11) is 6.02. The number of nitrogens with one attached hydrogen (secondary N) is 1. The Labute approximate surface area is 228 Å². The van der Waals surface area contributed by atoms with Crippen molar-refractivity contribution in [3.8, 4) is 11.3 Å². The molecular formula is C27H30BN7O4. The molecule has 0 unspecified atom stereocenters. The van der Waals surface area contributed by atoms with Gasteiger partial charge < -0.3 is 30.2 Å². The Morgan fingerprint density at radius 2 is 1.92 bits per heavy atom. The molecule has 12 heteroatoms. The molecule has 5 rings (SSSR count). The lowest BCUT2D eigenvalue weighted by atomic mass is 9.88. The van der Waals surface area contributed by atoms with Crippen LogP contribution in [0.2, 0.25) is 0 Å². The number of ether oxygens (including phenoxy) is 2. The van der Waals surface area contributed by atoms with Gasteiger partial charge in [0.2, 0.25) is 0 Å². The van der Waals surface area contributed by atoms with Crippen LogP contribution in [0.5, 0.6) is 0 Å². The standard InChI is InChI=1S/C27H30BN7O4/c1-2-39-27(37)20-16-35(28)15-19(20)17-3-5-18(6-4-17)21-14-31-25(29)24(32-21)26(36)33-22-13-30-8-7-23(22)34-9-11-38-12-10-34/h3-8,13-14,19-20H,2,9-12,15-16H2,1H3,(H2,29,31)(H,33,36)/t19-,20+/m0/s1. The maximum absolute atomic E-state index is 13.2. The third-order valence-corrected chi connectivity index (χ3v) is 6.99. The minimum atomic E-state index is -0.479. The van der Waals surface area contributed by atoms with Gasteiger partial charge in [0, 0.05) is 37.3 Å². The van der Waals surface area contributed by atoms with Crippen molar-refractivity contribution in [1.29, 1.82) is 0 Å². The minimum absolute atomic E-state index is 0.0188. The van der Waals surface area contributed by atoms with Crippen molar-refractivity contribution in [2.24, 2.45) is 5.92 Å². The molecule has 3 aromatic rings. The number of carbonyl (C=O) groups is 2. The van der Waals surface area contributed by atoms with E-state index in [0.29, 0.717) is 57.4 Å². The molecule has 0 bridgehead atoms. The molecule has 4 heterocycles. The number of hydrogen-bond donors (Lipinski definition) is 2. The van der Waals surface area contributed by atoms with Gasteiger partial charge in [-0.3, -0.25) is 14.6 Å². The third kappa shape index (κ3) is 5.86. The van der Waals surface area contributed by atoms with Gasteiger partial charge in [-0.05, 0) is 25.1 Å².